The van der Waals surface area contributed by atoms with Gasteiger partial charge in [0.25, 0.3) is 11.6 Å². The van der Waals surface area contributed by atoms with Crippen molar-refractivity contribution in [2.24, 2.45) is 0 Å². The first-order chi connectivity index (χ1) is 14.2. The Kier molecular flexibility index (Phi) is 5.02. The van der Waals surface area contributed by atoms with Crippen LogP contribution in [0.1, 0.15) is 51.1 Å². The summed E-state index contributed by atoms with van der Waals surface area (Å²) in [5, 5.41) is 11.7. The van der Waals surface area contributed by atoms with E-state index in [1.165, 1.54) is 12.1 Å². The van der Waals surface area contributed by atoms with Crippen LogP contribution in [-0.2, 0) is 0 Å². The first kappa shape index (κ1) is 20.3. The highest BCUT2D eigenvalue weighted by Gasteiger charge is 2.44. The van der Waals surface area contributed by atoms with Crippen molar-refractivity contribution in [3.8, 4) is 5.75 Å². The number of Topliss-reactive ketones (excluding diaryl/α,β-unsaturated/α-hetero) is 1. The third kappa shape index (κ3) is 3.43. The molecule has 4 rings (SSSR count). The molecule has 0 saturated carbocycles. The van der Waals surface area contributed by atoms with Gasteiger partial charge in [-0.15, -0.1) is 0 Å². The summed E-state index contributed by atoms with van der Waals surface area (Å²) in [6.07, 6.45) is 1.28. The van der Waals surface area contributed by atoms with Crippen LogP contribution in [0, 0.1) is 24.0 Å². The third-order valence-corrected chi connectivity index (χ3v) is 6.25. The van der Waals surface area contributed by atoms with Crippen molar-refractivity contribution in [2.45, 2.75) is 38.7 Å². The largest absolute Gasteiger partial charge is 0.486 e. The van der Waals surface area contributed by atoms with E-state index in [1.54, 1.807) is 30.0 Å². The summed E-state index contributed by atoms with van der Waals surface area (Å²) in [6, 6.07) is 7.95. The van der Waals surface area contributed by atoms with E-state index in [9.17, 15) is 19.7 Å². The van der Waals surface area contributed by atoms with Gasteiger partial charge in [0.05, 0.1) is 16.9 Å². The molecule has 0 aliphatic carbocycles. The quantitative estimate of drug-likeness (QED) is 0.518. The fraction of sp³-hybridized carbons (Fsp3) is 0.364. The van der Waals surface area contributed by atoms with Crippen molar-refractivity contribution < 1.29 is 19.2 Å². The van der Waals surface area contributed by atoms with E-state index < -0.39 is 10.5 Å². The predicted molar refractivity (Wildman–Crippen MR) is 111 cm³/mol. The van der Waals surface area contributed by atoms with E-state index in [-0.39, 0.29) is 23.8 Å². The minimum Gasteiger partial charge on any atom is -0.486 e. The van der Waals surface area contributed by atoms with Gasteiger partial charge in [-0.3, -0.25) is 19.7 Å². The summed E-state index contributed by atoms with van der Waals surface area (Å²) >= 11 is 6.09. The molecular weight excluding hydrogens is 408 g/mol. The predicted octanol–water partition coefficient (Wildman–Crippen LogP) is 4.51. The molecule has 2 heterocycles. The number of halogens is 1. The zero-order chi connectivity index (χ0) is 21.6. The van der Waals surface area contributed by atoms with Gasteiger partial charge in [0.15, 0.2) is 5.78 Å². The standard InChI is InChI=1S/C22H21ClN2O5/c1-13-10-15(23)11-17-19(26)12-22(30-20(13)17)6-8-24(9-7-22)21(27)16-4-3-5-18(14(16)2)25(28)29/h3-5,10-11H,6-9,12H2,1-2H3. The molecule has 7 nitrogen and oxygen atoms in total. The molecular formula is C22H21ClN2O5. The normalized spacial score (nSPS) is 17.4. The van der Waals surface area contributed by atoms with Gasteiger partial charge >= 0.3 is 0 Å². The minimum absolute atomic E-state index is 0.00356. The molecule has 0 bridgehead atoms. The minimum atomic E-state index is -0.642. The van der Waals surface area contributed by atoms with Crippen LogP contribution in [0.3, 0.4) is 0 Å². The van der Waals surface area contributed by atoms with Gasteiger partial charge in [-0.25, -0.2) is 0 Å². The molecule has 2 aromatic carbocycles. The lowest BCUT2D eigenvalue weighted by molar-refractivity contribution is -0.385. The van der Waals surface area contributed by atoms with Gasteiger partial charge in [-0.1, -0.05) is 17.7 Å². The number of amides is 1. The van der Waals surface area contributed by atoms with Crippen molar-refractivity contribution in [3.63, 3.8) is 0 Å². The SMILES string of the molecule is Cc1cc(Cl)cc2c1OC1(CCN(C(=O)c3cccc([N+](=O)[O-])c3C)CC1)CC2=O. The monoisotopic (exact) mass is 428 g/mol. The number of nitro benzene ring substituents is 1. The number of hydrogen-bond donors (Lipinski definition) is 0. The number of nitrogens with zero attached hydrogens (tertiary/aromatic N) is 2. The molecule has 8 heteroatoms. The van der Waals surface area contributed by atoms with Crippen LogP contribution in [0.2, 0.25) is 5.02 Å². The maximum Gasteiger partial charge on any atom is 0.273 e. The van der Waals surface area contributed by atoms with Crippen LogP contribution >= 0.6 is 11.6 Å². The number of hydrogen-bond acceptors (Lipinski definition) is 5. The zero-order valence-electron chi connectivity index (χ0n) is 16.7. The van der Waals surface area contributed by atoms with Crippen molar-refractivity contribution in [2.75, 3.05) is 13.1 Å². The second kappa shape index (κ2) is 7.40. The number of carbonyl (C=O) groups excluding carboxylic acids is 2. The van der Waals surface area contributed by atoms with Crippen LogP contribution in [0.5, 0.6) is 5.75 Å². The highest BCUT2D eigenvalue weighted by molar-refractivity contribution is 6.31. The van der Waals surface area contributed by atoms with Crippen molar-refractivity contribution in [1.82, 2.24) is 4.90 Å². The topological polar surface area (TPSA) is 89.8 Å². The number of nitro groups is 1. The summed E-state index contributed by atoms with van der Waals surface area (Å²) in [6.45, 7) is 4.28. The third-order valence-electron chi connectivity index (χ3n) is 6.04. The van der Waals surface area contributed by atoms with Gasteiger partial charge in [0.1, 0.15) is 11.4 Å². The smallest absolute Gasteiger partial charge is 0.273 e. The fourth-order valence-corrected chi connectivity index (χ4v) is 4.61. The zero-order valence-corrected chi connectivity index (χ0v) is 17.5. The van der Waals surface area contributed by atoms with E-state index in [2.05, 4.69) is 0 Å². The Hall–Kier alpha value is -2.93. The second-order valence-corrected chi connectivity index (χ2v) is 8.42. The summed E-state index contributed by atoms with van der Waals surface area (Å²) in [4.78, 5) is 38.1. The van der Waals surface area contributed by atoms with Crippen LogP contribution in [-0.4, -0.2) is 40.2 Å². The lowest BCUT2D eigenvalue weighted by Gasteiger charge is -2.44. The number of piperidine rings is 1. The van der Waals surface area contributed by atoms with E-state index in [4.69, 9.17) is 16.3 Å². The Morgan fingerprint density at radius 1 is 1.23 bits per heavy atom. The fourth-order valence-electron chi connectivity index (χ4n) is 4.33. The number of aryl methyl sites for hydroxylation is 1. The van der Waals surface area contributed by atoms with E-state index in [0.29, 0.717) is 53.4 Å². The Labute approximate surface area is 178 Å². The summed E-state index contributed by atoms with van der Waals surface area (Å²) in [5.74, 6) is 0.331. The number of ether oxygens (including phenoxy) is 1. The van der Waals surface area contributed by atoms with Crippen LogP contribution in [0.4, 0.5) is 5.69 Å². The molecule has 30 heavy (non-hydrogen) atoms. The second-order valence-electron chi connectivity index (χ2n) is 7.98. The lowest BCUT2D eigenvalue weighted by Crippen LogP contribution is -2.52. The van der Waals surface area contributed by atoms with Crippen molar-refractivity contribution in [3.05, 3.63) is 67.7 Å². The Morgan fingerprint density at radius 3 is 2.60 bits per heavy atom. The highest BCUT2D eigenvalue weighted by atomic mass is 35.5. The van der Waals surface area contributed by atoms with Gasteiger partial charge in [-0.2, -0.15) is 0 Å². The molecule has 0 aromatic heterocycles. The maximum atomic E-state index is 13.0. The molecule has 1 amide bonds. The van der Waals surface area contributed by atoms with Crippen LogP contribution in [0.15, 0.2) is 30.3 Å². The first-order valence-electron chi connectivity index (χ1n) is 9.76. The molecule has 156 valence electrons. The van der Waals surface area contributed by atoms with Crippen LogP contribution < -0.4 is 4.74 Å². The molecule has 2 aliphatic rings. The number of likely N-dealkylation sites (tertiary alicyclic amines) is 1. The highest BCUT2D eigenvalue weighted by Crippen LogP contribution is 2.42. The van der Waals surface area contributed by atoms with E-state index in [1.807, 2.05) is 6.92 Å². The number of fused-ring (bicyclic) bond motifs is 1. The van der Waals surface area contributed by atoms with Crippen molar-refractivity contribution >= 4 is 29.0 Å². The molecule has 0 atom stereocenters. The number of benzene rings is 2. The van der Waals surface area contributed by atoms with Gasteiger partial charge in [-0.05, 0) is 37.6 Å². The summed E-state index contributed by atoms with van der Waals surface area (Å²) < 4.78 is 6.32. The van der Waals surface area contributed by atoms with E-state index >= 15 is 0 Å². The van der Waals surface area contributed by atoms with Gasteiger partial charge < -0.3 is 9.64 Å². The summed E-state index contributed by atoms with van der Waals surface area (Å²) in [5.41, 5.74) is 1.31. The average Bonchev–Trinajstić information content (AvgIpc) is 2.69. The molecule has 0 unspecified atom stereocenters. The maximum absolute atomic E-state index is 13.0. The number of ketones is 1. The molecule has 2 aliphatic heterocycles. The number of carbonyl (C=O) groups is 2. The summed E-state index contributed by atoms with van der Waals surface area (Å²) in [7, 11) is 0. The number of rotatable bonds is 2. The van der Waals surface area contributed by atoms with E-state index in [0.717, 1.165) is 5.56 Å². The molecule has 0 N–H and O–H groups in total. The average molecular weight is 429 g/mol. The van der Waals surface area contributed by atoms with Crippen LogP contribution in [0.25, 0.3) is 0 Å². The molecule has 1 fully saturated rings. The molecule has 1 spiro atoms. The Balaban J connectivity index is 1.53. The van der Waals surface area contributed by atoms with Gasteiger partial charge in [0, 0.05) is 48.1 Å². The van der Waals surface area contributed by atoms with Crippen molar-refractivity contribution in [1.29, 1.82) is 0 Å². The first-order valence-corrected chi connectivity index (χ1v) is 10.1. The lowest BCUT2D eigenvalue weighted by atomic mass is 9.82. The van der Waals surface area contributed by atoms with Gasteiger partial charge in [0.2, 0.25) is 0 Å². The molecule has 2 aromatic rings. The molecule has 0 radical (unpaired) electrons. The Morgan fingerprint density at radius 2 is 1.93 bits per heavy atom. The Bertz CT molecular complexity index is 1070. The molecule has 1 saturated heterocycles.